The van der Waals surface area contributed by atoms with Gasteiger partial charge in [-0.25, -0.2) is 0 Å². The van der Waals surface area contributed by atoms with Crippen molar-refractivity contribution in [2.75, 3.05) is 25.6 Å². The number of hydrogen-bond acceptors (Lipinski definition) is 9. The standard InChI is InChI=1S/C24H38N4O7S2/c1-14(2)22-18(29)12-21(32)35-15-7-5-6-10-36-37-13-17(24(34)27-22)26-23(33)16(25-19(30)11-15)8-9-20(31)28(3)4/h5,7,14-18,22,29H,6,8-13H2,1-4H3,(H,25,30)(H,26,33)(H,27,34)/b7-5+/t15-,16-,17+,18+,22-/m1/s1. The molecule has 2 aliphatic rings. The molecule has 13 heteroatoms. The first-order valence-electron chi connectivity index (χ1n) is 12.4. The van der Waals surface area contributed by atoms with Crippen LogP contribution in [0.1, 0.15) is 46.0 Å². The molecule has 208 valence electrons. The van der Waals surface area contributed by atoms with Crippen molar-refractivity contribution in [1.82, 2.24) is 20.9 Å². The minimum Gasteiger partial charge on any atom is -0.457 e. The molecule has 2 bridgehead atoms. The highest BCUT2D eigenvalue weighted by molar-refractivity contribution is 8.76. The number of aliphatic hydroxyl groups is 1. The highest BCUT2D eigenvalue weighted by Crippen LogP contribution is 2.24. The highest BCUT2D eigenvalue weighted by Gasteiger charge is 2.33. The van der Waals surface area contributed by atoms with Crippen molar-refractivity contribution >= 4 is 51.2 Å². The van der Waals surface area contributed by atoms with Gasteiger partial charge in [-0.1, -0.05) is 41.5 Å². The SMILES string of the molecule is CC(C)[C@H]1NC(=O)[C@@H]2CSSCC/C=C/[C@H](CC(=O)N[C@H](CCC(=O)N(C)C)C(=O)N2)OC(=O)C[C@@H]1O. The van der Waals surface area contributed by atoms with Crippen molar-refractivity contribution in [3.63, 3.8) is 0 Å². The molecule has 0 aliphatic carbocycles. The lowest BCUT2D eigenvalue weighted by Gasteiger charge is -2.29. The van der Waals surface area contributed by atoms with Crippen LogP contribution in [0.25, 0.3) is 0 Å². The van der Waals surface area contributed by atoms with Crippen LogP contribution in [0.3, 0.4) is 0 Å². The number of nitrogens with one attached hydrogen (secondary N) is 3. The molecule has 0 aromatic rings. The maximum atomic E-state index is 13.3. The van der Waals surface area contributed by atoms with Crippen LogP contribution in [0.5, 0.6) is 0 Å². The third kappa shape index (κ3) is 10.6. The van der Waals surface area contributed by atoms with Crippen molar-refractivity contribution in [2.45, 2.75) is 76.3 Å². The van der Waals surface area contributed by atoms with Crippen molar-refractivity contribution in [3.8, 4) is 0 Å². The second kappa shape index (κ2) is 15.2. The van der Waals surface area contributed by atoms with Crippen LogP contribution in [-0.4, -0.2) is 95.5 Å². The molecule has 11 nitrogen and oxygen atoms in total. The third-order valence-electron chi connectivity index (χ3n) is 5.95. The maximum Gasteiger partial charge on any atom is 0.309 e. The van der Waals surface area contributed by atoms with E-state index in [-0.39, 0.29) is 43.3 Å². The lowest BCUT2D eigenvalue weighted by Crippen LogP contribution is -2.58. The minimum absolute atomic E-state index is 0.00671. The van der Waals surface area contributed by atoms with Gasteiger partial charge in [0.25, 0.3) is 0 Å². The summed E-state index contributed by atoms with van der Waals surface area (Å²) in [5.41, 5.74) is 0. The maximum absolute atomic E-state index is 13.3. The molecule has 2 rings (SSSR count). The Bertz CT molecular complexity index is 868. The van der Waals surface area contributed by atoms with Gasteiger partial charge in [0.05, 0.1) is 25.0 Å². The smallest absolute Gasteiger partial charge is 0.309 e. The number of aliphatic hydroxyl groups excluding tert-OH is 1. The molecular formula is C24H38N4O7S2. The molecule has 1 saturated heterocycles. The van der Waals surface area contributed by atoms with Gasteiger partial charge in [-0.2, -0.15) is 0 Å². The van der Waals surface area contributed by atoms with Crippen molar-refractivity contribution < 1.29 is 33.8 Å². The summed E-state index contributed by atoms with van der Waals surface area (Å²) in [6.45, 7) is 3.60. The number of esters is 1. The average molecular weight is 559 g/mol. The first kappa shape index (κ1) is 31.0. The van der Waals surface area contributed by atoms with Crippen LogP contribution < -0.4 is 16.0 Å². The number of hydrogen-bond donors (Lipinski definition) is 4. The summed E-state index contributed by atoms with van der Waals surface area (Å²) in [6, 6.07) is -2.81. The molecule has 4 N–H and O–H groups in total. The lowest BCUT2D eigenvalue weighted by molar-refractivity contribution is -0.151. The molecule has 2 heterocycles. The fourth-order valence-corrected chi connectivity index (χ4v) is 5.98. The van der Waals surface area contributed by atoms with Crippen LogP contribution >= 0.6 is 21.6 Å². The number of fused-ring (bicyclic) bond motifs is 7. The molecule has 37 heavy (non-hydrogen) atoms. The summed E-state index contributed by atoms with van der Waals surface area (Å²) >= 11 is 0. The molecule has 1 fully saturated rings. The molecule has 0 saturated carbocycles. The van der Waals surface area contributed by atoms with Crippen LogP contribution in [0.4, 0.5) is 0 Å². The minimum atomic E-state index is -1.23. The van der Waals surface area contributed by atoms with Gasteiger partial charge in [-0.05, 0) is 24.8 Å². The Morgan fingerprint density at radius 1 is 1.11 bits per heavy atom. The largest absolute Gasteiger partial charge is 0.457 e. The van der Waals surface area contributed by atoms with Gasteiger partial charge in [0.15, 0.2) is 0 Å². The van der Waals surface area contributed by atoms with Crippen molar-refractivity contribution in [1.29, 1.82) is 0 Å². The van der Waals surface area contributed by atoms with Gasteiger partial charge in [-0.15, -0.1) is 0 Å². The average Bonchev–Trinajstić information content (AvgIpc) is 2.81. The highest BCUT2D eigenvalue weighted by atomic mass is 33.1. The molecule has 0 spiro atoms. The molecule has 0 radical (unpaired) electrons. The first-order valence-corrected chi connectivity index (χ1v) is 14.9. The summed E-state index contributed by atoms with van der Waals surface area (Å²) in [5, 5.41) is 18.9. The van der Waals surface area contributed by atoms with Gasteiger partial charge in [0.2, 0.25) is 23.6 Å². The van der Waals surface area contributed by atoms with E-state index in [9.17, 15) is 29.1 Å². The molecule has 0 aromatic heterocycles. The molecule has 0 aromatic carbocycles. The normalized spacial score (nSPS) is 29.5. The van der Waals surface area contributed by atoms with E-state index in [0.717, 1.165) is 0 Å². The summed E-state index contributed by atoms with van der Waals surface area (Å²) in [5.74, 6) is -1.84. The Morgan fingerprint density at radius 3 is 2.51 bits per heavy atom. The number of ether oxygens (including phenoxy) is 1. The second-order valence-electron chi connectivity index (χ2n) is 9.61. The molecule has 5 atom stereocenters. The monoisotopic (exact) mass is 558 g/mol. The Morgan fingerprint density at radius 2 is 1.84 bits per heavy atom. The molecular weight excluding hydrogens is 520 g/mol. The summed E-state index contributed by atoms with van der Waals surface area (Å²) in [6.07, 6.45) is 1.39. The Hall–Kier alpha value is -2.25. The van der Waals surface area contributed by atoms with E-state index >= 15 is 0 Å². The van der Waals surface area contributed by atoms with E-state index < -0.39 is 54.0 Å². The zero-order valence-electron chi connectivity index (χ0n) is 21.7. The first-order chi connectivity index (χ1) is 17.5. The second-order valence-corrected chi connectivity index (χ2v) is 12.2. The van der Waals surface area contributed by atoms with E-state index in [1.54, 1.807) is 34.0 Å². The van der Waals surface area contributed by atoms with Crippen molar-refractivity contribution in [3.05, 3.63) is 12.2 Å². The third-order valence-corrected chi connectivity index (χ3v) is 8.40. The predicted molar refractivity (Wildman–Crippen MR) is 142 cm³/mol. The van der Waals surface area contributed by atoms with Gasteiger partial charge >= 0.3 is 5.97 Å². The number of rotatable bonds is 4. The number of carbonyl (C=O) groups excluding carboxylic acids is 5. The van der Waals surface area contributed by atoms with E-state index in [4.69, 9.17) is 4.74 Å². The molecule has 2 aliphatic heterocycles. The topological polar surface area (TPSA) is 154 Å². The Labute approximate surface area is 225 Å². The summed E-state index contributed by atoms with van der Waals surface area (Å²) < 4.78 is 5.50. The van der Waals surface area contributed by atoms with Crippen molar-refractivity contribution in [2.24, 2.45) is 5.92 Å². The lowest BCUT2D eigenvalue weighted by atomic mass is 9.96. The summed E-state index contributed by atoms with van der Waals surface area (Å²) in [7, 11) is 6.14. The number of carbonyl (C=O) groups is 5. The van der Waals surface area contributed by atoms with Gasteiger partial charge in [0.1, 0.15) is 18.2 Å². The quantitative estimate of drug-likeness (QED) is 0.218. The zero-order chi connectivity index (χ0) is 27.5. The van der Waals surface area contributed by atoms with E-state index in [2.05, 4.69) is 16.0 Å². The van der Waals surface area contributed by atoms with Crippen LogP contribution in [0, 0.1) is 5.92 Å². The number of nitrogens with zero attached hydrogens (tertiary/aromatic N) is 1. The van der Waals surface area contributed by atoms with E-state index in [1.807, 2.05) is 6.08 Å². The molecule has 4 amide bonds. The van der Waals surface area contributed by atoms with Gasteiger partial charge in [0, 0.05) is 32.0 Å². The van der Waals surface area contributed by atoms with Crippen LogP contribution in [-0.2, 0) is 28.7 Å². The summed E-state index contributed by atoms with van der Waals surface area (Å²) in [4.78, 5) is 65.6. The van der Waals surface area contributed by atoms with E-state index in [0.29, 0.717) is 12.2 Å². The number of allylic oxidation sites excluding steroid dienone is 1. The van der Waals surface area contributed by atoms with Crippen LogP contribution in [0.2, 0.25) is 0 Å². The Balaban J connectivity index is 2.45. The fraction of sp³-hybridized carbons (Fsp3) is 0.708. The number of amides is 4. The molecule has 0 unspecified atom stereocenters. The fourth-order valence-electron chi connectivity index (χ4n) is 3.83. The van der Waals surface area contributed by atoms with Crippen LogP contribution in [0.15, 0.2) is 12.2 Å². The van der Waals surface area contributed by atoms with Gasteiger partial charge in [-0.3, -0.25) is 24.0 Å². The van der Waals surface area contributed by atoms with Gasteiger partial charge < -0.3 is 30.7 Å². The van der Waals surface area contributed by atoms with E-state index in [1.165, 1.54) is 26.5 Å². The Kier molecular flexibility index (Phi) is 12.7. The predicted octanol–water partition coefficient (Wildman–Crippen LogP) is 0.373. The zero-order valence-corrected chi connectivity index (χ0v) is 23.4.